The van der Waals surface area contributed by atoms with Crippen molar-refractivity contribution in [3.05, 3.63) is 65.0 Å². The van der Waals surface area contributed by atoms with Gasteiger partial charge in [-0.1, -0.05) is 54.0 Å². The average Bonchev–Trinajstić information content (AvgIpc) is 3.17. The number of aromatic nitrogens is 2. The first-order chi connectivity index (χ1) is 13.5. The molecule has 1 amide bonds. The maximum atomic E-state index is 12.5. The van der Waals surface area contributed by atoms with Crippen molar-refractivity contribution in [2.45, 2.75) is 46.8 Å². The van der Waals surface area contributed by atoms with Crippen molar-refractivity contribution in [3.8, 4) is 17.1 Å². The molecule has 0 radical (unpaired) electrons. The summed E-state index contributed by atoms with van der Waals surface area (Å²) in [6, 6.07) is 13.7. The molecule has 0 unspecified atom stereocenters. The van der Waals surface area contributed by atoms with Crippen LogP contribution in [0.15, 0.2) is 47.0 Å². The van der Waals surface area contributed by atoms with Gasteiger partial charge in [-0.15, -0.1) is 0 Å². The number of hydrogen-bond acceptors (Lipinski definition) is 5. The number of benzene rings is 2. The maximum absolute atomic E-state index is 12.5. The number of rotatable bonds is 7. The third-order valence-corrected chi connectivity index (χ3v) is 4.68. The molecule has 146 valence electrons. The van der Waals surface area contributed by atoms with Crippen molar-refractivity contribution >= 4 is 5.91 Å². The molecule has 0 saturated carbocycles. The Bertz CT molecular complexity index is 948. The van der Waals surface area contributed by atoms with Crippen LogP contribution in [0.3, 0.4) is 0 Å². The second kappa shape index (κ2) is 8.69. The molecule has 3 rings (SSSR count). The summed E-state index contributed by atoms with van der Waals surface area (Å²) >= 11 is 0. The fraction of sp³-hybridized carbons (Fsp3) is 0.318. The van der Waals surface area contributed by atoms with E-state index in [4.69, 9.17) is 9.26 Å². The van der Waals surface area contributed by atoms with E-state index < -0.39 is 6.10 Å². The third-order valence-electron chi connectivity index (χ3n) is 4.68. The molecule has 0 saturated heterocycles. The molecule has 28 heavy (non-hydrogen) atoms. The second-order valence-electron chi connectivity index (χ2n) is 6.81. The van der Waals surface area contributed by atoms with Gasteiger partial charge in [-0.3, -0.25) is 4.79 Å². The van der Waals surface area contributed by atoms with Gasteiger partial charge in [0.25, 0.3) is 5.91 Å². The number of carbonyl (C=O) groups is 1. The Morgan fingerprint density at radius 2 is 1.89 bits per heavy atom. The number of ether oxygens (including phenoxy) is 1. The normalized spacial score (nSPS) is 11.9. The molecule has 0 spiro atoms. The minimum absolute atomic E-state index is 0.157. The van der Waals surface area contributed by atoms with E-state index in [-0.39, 0.29) is 12.5 Å². The Kier molecular flexibility index (Phi) is 6.09. The number of aryl methyl sites for hydroxylation is 2. The first-order valence-electron chi connectivity index (χ1n) is 9.38. The Morgan fingerprint density at radius 1 is 1.14 bits per heavy atom. The van der Waals surface area contributed by atoms with Gasteiger partial charge in [-0.05, 0) is 44.4 Å². The molecule has 0 fully saturated rings. The van der Waals surface area contributed by atoms with Gasteiger partial charge in [-0.2, -0.15) is 4.98 Å². The highest BCUT2D eigenvalue weighted by molar-refractivity contribution is 5.81. The highest BCUT2D eigenvalue weighted by atomic mass is 16.5. The van der Waals surface area contributed by atoms with Gasteiger partial charge in [0.05, 0.1) is 6.54 Å². The molecule has 6 heteroatoms. The Hall–Kier alpha value is -3.15. The summed E-state index contributed by atoms with van der Waals surface area (Å²) in [7, 11) is 0. The van der Waals surface area contributed by atoms with Gasteiger partial charge in [0, 0.05) is 5.56 Å². The molecule has 3 aromatic rings. The Balaban J connectivity index is 1.61. The van der Waals surface area contributed by atoms with E-state index in [1.54, 1.807) is 0 Å². The van der Waals surface area contributed by atoms with Gasteiger partial charge in [0.1, 0.15) is 5.75 Å². The molecule has 6 nitrogen and oxygen atoms in total. The van der Waals surface area contributed by atoms with Crippen molar-refractivity contribution < 1.29 is 14.1 Å². The Labute approximate surface area is 164 Å². The lowest BCUT2D eigenvalue weighted by Crippen LogP contribution is -2.37. The van der Waals surface area contributed by atoms with Crippen LogP contribution in [0.25, 0.3) is 11.4 Å². The predicted octanol–water partition coefficient (Wildman–Crippen LogP) is 4.14. The quantitative estimate of drug-likeness (QED) is 0.668. The number of hydrogen-bond donors (Lipinski definition) is 1. The van der Waals surface area contributed by atoms with Crippen molar-refractivity contribution in [3.63, 3.8) is 0 Å². The van der Waals surface area contributed by atoms with E-state index in [1.165, 1.54) is 0 Å². The minimum atomic E-state index is -0.583. The summed E-state index contributed by atoms with van der Waals surface area (Å²) in [4.78, 5) is 16.9. The molecule has 0 aliphatic carbocycles. The van der Waals surface area contributed by atoms with Crippen molar-refractivity contribution in [2.75, 3.05) is 0 Å². The molecule has 0 bridgehead atoms. The smallest absolute Gasteiger partial charge is 0.261 e. The molecule has 1 atom stereocenters. The molecule has 1 N–H and O–H groups in total. The highest BCUT2D eigenvalue weighted by Gasteiger charge is 2.20. The fourth-order valence-electron chi connectivity index (χ4n) is 2.75. The molecular weight excluding hydrogens is 354 g/mol. The number of amides is 1. The van der Waals surface area contributed by atoms with Crippen LogP contribution in [0.4, 0.5) is 0 Å². The molecule has 0 aliphatic rings. The van der Waals surface area contributed by atoms with Crippen LogP contribution in [-0.2, 0) is 11.3 Å². The molecule has 1 heterocycles. The number of carbonyl (C=O) groups excluding carboxylic acids is 1. The van der Waals surface area contributed by atoms with Crippen molar-refractivity contribution in [1.29, 1.82) is 0 Å². The van der Waals surface area contributed by atoms with Gasteiger partial charge in [-0.25, -0.2) is 0 Å². The maximum Gasteiger partial charge on any atom is 0.261 e. The van der Waals surface area contributed by atoms with Crippen LogP contribution in [0.2, 0.25) is 0 Å². The summed E-state index contributed by atoms with van der Waals surface area (Å²) in [6.07, 6.45) is -0.0301. The first-order valence-corrected chi connectivity index (χ1v) is 9.38. The van der Waals surface area contributed by atoms with Crippen LogP contribution in [0, 0.1) is 20.8 Å². The highest BCUT2D eigenvalue weighted by Crippen LogP contribution is 2.22. The van der Waals surface area contributed by atoms with Crippen LogP contribution in [0.5, 0.6) is 5.75 Å². The van der Waals surface area contributed by atoms with Gasteiger partial charge in [0.2, 0.25) is 11.7 Å². The zero-order valence-electron chi connectivity index (χ0n) is 16.7. The summed E-state index contributed by atoms with van der Waals surface area (Å²) in [5.41, 5.74) is 4.20. The Morgan fingerprint density at radius 3 is 2.61 bits per heavy atom. The summed E-state index contributed by atoms with van der Waals surface area (Å²) in [5.74, 6) is 1.37. The number of nitrogens with zero attached hydrogens (tertiary/aromatic N) is 2. The lowest BCUT2D eigenvalue weighted by atomic mass is 10.1. The first kappa shape index (κ1) is 19.6. The summed E-state index contributed by atoms with van der Waals surface area (Å²) in [5, 5.41) is 6.80. The average molecular weight is 379 g/mol. The van der Waals surface area contributed by atoms with E-state index in [0.717, 1.165) is 28.0 Å². The van der Waals surface area contributed by atoms with E-state index in [2.05, 4.69) is 15.5 Å². The van der Waals surface area contributed by atoms with Crippen LogP contribution in [0.1, 0.15) is 35.9 Å². The van der Waals surface area contributed by atoms with E-state index >= 15 is 0 Å². The largest absolute Gasteiger partial charge is 0.480 e. The van der Waals surface area contributed by atoms with E-state index in [0.29, 0.717) is 18.1 Å². The van der Waals surface area contributed by atoms with Gasteiger partial charge >= 0.3 is 0 Å². The molecule has 1 aromatic heterocycles. The minimum Gasteiger partial charge on any atom is -0.480 e. The molecule has 0 aliphatic heterocycles. The molecular formula is C22H25N3O3. The van der Waals surface area contributed by atoms with Crippen molar-refractivity contribution in [2.24, 2.45) is 0 Å². The van der Waals surface area contributed by atoms with Gasteiger partial charge in [0.15, 0.2) is 6.10 Å². The van der Waals surface area contributed by atoms with Crippen LogP contribution < -0.4 is 10.1 Å². The van der Waals surface area contributed by atoms with Crippen LogP contribution in [-0.4, -0.2) is 22.2 Å². The van der Waals surface area contributed by atoms with Crippen LogP contribution >= 0.6 is 0 Å². The standard InChI is InChI=1S/C22H25N3O3/c1-5-18(27-19-8-6-7-15(3)16(19)4)22(26)23-13-20-24-21(25-28-20)17-11-9-14(2)10-12-17/h6-12,18H,5,13H2,1-4H3,(H,23,26)/t18-/m0/s1. The van der Waals surface area contributed by atoms with E-state index in [1.807, 2.05) is 70.2 Å². The summed E-state index contributed by atoms with van der Waals surface area (Å²) in [6.45, 7) is 8.10. The zero-order valence-corrected chi connectivity index (χ0v) is 16.7. The lowest BCUT2D eigenvalue weighted by Gasteiger charge is -2.18. The third kappa shape index (κ3) is 4.57. The fourth-order valence-corrected chi connectivity index (χ4v) is 2.75. The summed E-state index contributed by atoms with van der Waals surface area (Å²) < 4.78 is 11.2. The predicted molar refractivity (Wildman–Crippen MR) is 107 cm³/mol. The topological polar surface area (TPSA) is 77.2 Å². The van der Waals surface area contributed by atoms with E-state index in [9.17, 15) is 4.79 Å². The zero-order chi connectivity index (χ0) is 20.1. The molecule has 2 aromatic carbocycles. The van der Waals surface area contributed by atoms with Gasteiger partial charge < -0.3 is 14.6 Å². The monoisotopic (exact) mass is 379 g/mol. The SMILES string of the molecule is CC[C@H](Oc1cccc(C)c1C)C(=O)NCc1nc(-c2ccc(C)cc2)no1. The lowest BCUT2D eigenvalue weighted by molar-refractivity contribution is -0.128. The number of nitrogens with one attached hydrogen (secondary N) is 1. The van der Waals surface area contributed by atoms with Crippen molar-refractivity contribution in [1.82, 2.24) is 15.5 Å². The second-order valence-corrected chi connectivity index (χ2v) is 6.81.